The van der Waals surface area contributed by atoms with Gasteiger partial charge in [0.05, 0.1) is 4.90 Å². The van der Waals surface area contributed by atoms with Crippen LogP contribution in [0.5, 0.6) is 0 Å². The molecule has 2 fully saturated rings. The first kappa shape index (κ1) is 21.2. The highest BCUT2D eigenvalue weighted by atomic mass is 32.2. The molecule has 1 heterocycles. The number of rotatable bonds is 9. The van der Waals surface area contributed by atoms with Crippen LogP contribution >= 0.6 is 0 Å². The molecule has 1 amide bonds. The number of likely N-dealkylation sites (N-methyl/N-ethyl adjacent to an activating group) is 1. The van der Waals surface area contributed by atoms with Crippen LogP contribution in [0, 0.1) is 6.92 Å². The largest absolute Gasteiger partial charge is 0.352 e. The number of carbonyl (C=O) groups is 1. The second kappa shape index (κ2) is 9.35. The third-order valence-electron chi connectivity index (χ3n) is 5.51. The van der Waals surface area contributed by atoms with Gasteiger partial charge in [0.25, 0.3) is 5.91 Å². The van der Waals surface area contributed by atoms with Gasteiger partial charge in [0.15, 0.2) is 0 Å². The Bertz CT molecular complexity index is 785. The number of piperazine rings is 1. The van der Waals surface area contributed by atoms with Crippen molar-refractivity contribution in [2.75, 3.05) is 45.8 Å². The maximum absolute atomic E-state index is 12.6. The number of nitrogens with one attached hydrogen (secondary N) is 2. The molecule has 3 rings (SSSR count). The predicted molar refractivity (Wildman–Crippen MR) is 110 cm³/mol. The molecule has 2 aliphatic rings. The van der Waals surface area contributed by atoms with Crippen LogP contribution in [0.15, 0.2) is 23.1 Å². The van der Waals surface area contributed by atoms with Crippen molar-refractivity contribution in [3.63, 3.8) is 0 Å². The van der Waals surface area contributed by atoms with Crippen LogP contribution in [0.3, 0.4) is 0 Å². The molecule has 1 saturated heterocycles. The summed E-state index contributed by atoms with van der Waals surface area (Å²) in [5, 5.41) is 2.94. The molecule has 156 valence electrons. The Morgan fingerprint density at radius 2 is 1.82 bits per heavy atom. The van der Waals surface area contributed by atoms with Gasteiger partial charge in [-0.05, 0) is 57.0 Å². The zero-order valence-corrected chi connectivity index (χ0v) is 17.7. The molecule has 0 radical (unpaired) electrons. The van der Waals surface area contributed by atoms with Gasteiger partial charge in [0, 0.05) is 44.3 Å². The monoisotopic (exact) mass is 408 g/mol. The molecule has 8 heteroatoms. The summed E-state index contributed by atoms with van der Waals surface area (Å²) in [5.41, 5.74) is 1.20. The molecule has 0 aromatic heterocycles. The van der Waals surface area contributed by atoms with Gasteiger partial charge >= 0.3 is 0 Å². The number of aryl methyl sites for hydroxylation is 1. The molecule has 1 aliphatic carbocycles. The molecule has 1 aliphatic heterocycles. The smallest absolute Gasteiger partial charge is 0.251 e. The van der Waals surface area contributed by atoms with Crippen molar-refractivity contribution in [3.8, 4) is 0 Å². The summed E-state index contributed by atoms with van der Waals surface area (Å²) in [5.74, 6) is -0.211. The highest BCUT2D eigenvalue weighted by Gasteiger charge is 2.28. The Balaban J connectivity index is 1.49. The highest BCUT2D eigenvalue weighted by Crippen LogP contribution is 2.23. The van der Waals surface area contributed by atoms with E-state index in [-0.39, 0.29) is 16.8 Å². The Kier molecular flexibility index (Phi) is 7.09. The van der Waals surface area contributed by atoms with Crippen LogP contribution < -0.4 is 10.0 Å². The molecule has 28 heavy (non-hydrogen) atoms. The zero-order chi connectivity index (χ0) is 20.1. The van der Waals surface area contributed by atoms with E-state index >= 15 is 0 Å². The quantitative estimate of drug-likeness (QED) is 0.600. The normalized spacial score (nSPS) is 18.9. The number of benzene rings is 1. The second-order valence-electron chi connectivity index (χ2n) is 7.76. The fourth-order valence-corrected chi connectivity index (χ4v) is 4.76. The van der Waals surface area contributed by atoms with Gasteiger partial charge in [-0.15, -0.1) is 0 Å². The number of nitrogens with zero attached hydrogens (tertiary/aromatic N) is 2. The topological polar surface area (TPSA) is 81.8 Å². The number of carbonyl (C=O) groups excluding carboxylic acids is 1. The van der Waals surface area contributed by atoms with Crippen molar-refractivity contribution in [3.05, 3.63) is 29.3 Å². The summed E-state index contributed by atoms with van der Waals surface area (Å²) in [4.78, 5) is 17.6. The average Bonchev–Trinajstić information content (AvgIpc) is 3.49. The van der Waals surface area contributed by atoms with E-state index in [9.17, 15) is 13.2 Å². The van der Waals surface area contributed by atoms with Crippen molar-refractivity contribution >= 4 is 15.9 Å². The third kappa shape index (κ3) is 5.76. The molecule has 0 spiro atoms. The van der Waals surface area contributed by atoms with E-state index in [0.29, 0.717) is 12.1 Å². The first-order valence-corrected chi connectivity index (χ1v) is 11.7. The van der Waals surface area contributed by atoms with Gasteiger partial charge in [-0.3, -0.25) is 4.79 Å². The maximum Gasteiger partial charge on any atom is 0.251 e. The molecule has 0 bridgehead atoms. The van der Waals surface area contributed by atoms with Crippen LogP contribution in [0.25, 0.3) is 0 Å². The van der Waals surface area contributed by atoms with Crippen LogP contribution in [-0.4, -0.2) is 76.0 Å². The first-order valence-electron chi connectivity index (χ1n) is 10.2. The average molecular weight is 409 g/mol. The van der Waals surface area contributed by atoms with Gasteiger partial charge in [0.1, 0.15) is 0 Å². The van der Waals surface area contributed by atoms with E-state index in [1.165, 1.54) is 6.07 Å². The number of hydrogen-bond donors (Lipinski definition) is 2. The summed E-state index contributed by atoms with van der Waals surface area (Å²) in [6, 6.07) is 4.79. The van der Waals surface area contributed by atoms with Gasteiger partial charge in [-0.25, -0.2) is 13.1 Å². The van der Waals surface area contributed by atoms with E-state index in [1.807, 2.05) is 6.92 Å². The SMILES string of the molecule is CCN1CCN(CCCNC(=O)c2cc(S(=O)(=O)NC3CC3)ccc2C)CC1. The Morgan fingerprint density at radius 3 is 2.46 bits per heavy atom. The van der Waals surface area contributed by atoms with E-state index in [4.69, 9.17) is 0 Å². The van der Waals surface area contributed by atoms with Gasteiger partial charge in [0.2, 0.25) is 10.0 Å². The number of hydrogen-bond acceptors (Lipinski definition) is 5. The minimum Gasteiger partial charge on any atom is -0.352 e. The van der Waals surface area contributed by atoms with Crippen molar-refractivity contribution in [2.24, 2.45) is 0 Å². The van der Waals surface area contributed by atoms with Crippen LogP contribution in [0.4, 0.5) is 0 Å². The minimum absolute atomic E-state index is 0.0442. The lowest BCUT2D eigenvalue weighted by molar-refractivity contribution is 0.0947. The minimum atomic E-state index is -3.56. The Hall–Kier alpha value is -1.48. The summed E-state index contributed by atoms with van der Waals surface area (Å²) in [6.07, 6.45) is 2.65. The molecular weight excluding hydrogens is 376 g/mol. The van der Waals surface area contributed by atoms with E-state index in [2.05, 4.69) is 26.8 Å². The standard InChI is InChI=1S/C20H32N4O3S/c1-3-23-11-13-24(14-12-23)10-4-9-21-20(25)19-15-18(8-5-16(19)2)28(26,27)22-17-6-7-17/h5,8,15,17,22H,3-4,6-7,9-14H2,1-2H3,(H,21,25). The lowest BCUT2D eigenvalue weighted by Gasteiger charge is -2.33. The Labute approximate surface area is 168 Å². The van der Waals surface area contributed by atoms with Gasteiger partial charge in [-0.1, -0.05) is 13.0 Å². The van der Waals surface area contributed by atoms with E-state index < -0.39 is 10.0 Å². The fourth-order valence-electron chi connectivity index (χ4n) is 3.43. The summed E-state index contributed by atoms with van der Waals surface area (Å²) < 4.78 is 27.5. The predicted octanol–water partition coefficient (Wildman–Crippen LogP) is 1.19. The highest BCUT2D eigenvalue weighted by molar-refractivity contribution is 7.89. The molecule has 2 N–H and O–H groups in total. The maximum atomic E-state index is 12.6. The molecular formula is C20H32N4O3S. The van der Waals surface area contributed by atoms with E-state index in [0.717, 1.165) is 64.1 Å². The van der Waals surface area contributed by atoms with Crippen LogP contribution in [-0.2, 0) is 10.0 Å². The number of amides is 1. The van der Waals surface area contributed by atoms with Crippen molar-refractivity contribution in [2.45, 2.75) is 44.0 Å². The lowest BCUT2D eigenvalue weighted by Crippen LogP contribution is -2.46. The van der Waals surface area contributed by atoms with Crippen molar-refractivity contribution in [1.82, 2.24) is 19.8 Å². The summed E-state index contributed by atoms with van der Waals surface area (Å²) in [6.45, 7) is 11.1. The molecule has 7 nitrogen and oxygen atoms in total. The van der Waals surface area contributed by atoms with Gasteiger partial charge < -0.3 is 15.1 Å². The number of sulfonamides is 1. The molecule has 1 saturated carbocycles. The molecule has 0 unspecified atom stereocenters. The molecule has 1 aromatic rings. The van der Waals surface area contributed by atoms with Crippen molar-refractivity contribution in [1.29, 1.82) is 0 Å². The summed E-state index contributed by atoms with van der Waals surface area (Å²) >= 11 is 0. The lowest BCUT2D eigenvalue weighted by atomic mass is 10.1. The third-order valence-corrected chi connectivity index (χ3v) is 7.03. The first-order chi connectivity index (χ1) is 13.4. The summed E-state index contributed by atoms with van der Waals surface area (Å²) in [7, 11) is -3.56. The fraction of sp³-hybridized carbons (Fsp3) is 0.650. The Morgan fingerprint density at radius 1 is 1.14 bits per heavy atom. The zero-order valence-electron chi connectivity index (χ0n) is 16.9. The van der Waals surface area contributed by atoms with E-state index in [1.54, 1.807) is 12.1 Å². The van der Waals surface area contributed by atoms with Crippen LogP contribution in [0.1, 0.15) is 42.1 Å². The van der Waals surface area contributed by atoms with Gasteiger partial charge in [-0.2, -0.15) is 0 Å². The van der Waals surface area contributed by atoms with Crippen LogP contribution in [0.2, 0.25) is 0 Å². The molecule has 1 aromatic carbocycles. The van der Waals surface area contributed by atoms with Crippen molar-refractivity contribution < 1.29 is 13.2 Å². The second-order valence-corrected chi connectivity index (χ2v) is 9.47. The molecule has 0 atom stereocenters.